The first-order valence-electron chi connectivity index (χ1n) is 8.55. The summed E-state index contributed by atoms with van der Waals surface area (Å²) in [7, 11) is 0. The first-order chi connectivity index (χ1) is 11.5. The van der Waals surface area contributed by atoms with Crippen molar-refractivity contribution in [2.75, 3.05) is 25.0 Å². The molecule has 0 saturated carbocycles. The van der Waals surface area contributed by atoms with E-state index >= 15 is 0 Å². The zero-order valence-electron chi connectivity index (χ0n) is 14.6. The smallest absolute Gasteiger partial charge is 0.240 e. The number of hydrogen-bond acceptors (Lipinski definition) is 4. The molecule has 2 aromatic rings. The summed E-state index contributed by atoms with van der Waals surface area (Å²) in [5.41, 5.74) is 2.90. The molecule has 0 aliphatic carbocycles. The van der Waals surface area contributed by atoms with Crippen LogP contribution in [-0.2, 0) is 4.79 Å². The average Bonchev–Trinajstić information content (AvgIpc) is 2.95. The molecular formula is C19H25N3O2. The first-order valence-corrected chi connectivity index (χ1v) is 8.55. The van der Waals surface area contributed by atoms with Gasteiger partial charge < -0.3 is 4.52 Å². The van der Waals surface area contributed by atoms with Crippen molar-refractivity contribution < 1.29 is 9.32 Å². The van der Waals surface area contributed by atoms with E-state index in [9.17, 15) is 4.79 Å². The number of nitrogens with one attached hydrogen (secondary N) is 1. The number of nitrogens with zero attached hydrogens (tertiary/aromatic N) is 2. The zero-order chi connectivity index (χ0) is 17.1. The molecule has 0 spiro atoms. The van der Waals surface area contributed by atoms with Crippen molar-refractivity contribution in [1.29, 1.82) is 0 Å². The Hall–Kier alpha value is -2.14. The Bertz CT molecular complexity index is 683. The molecule has 1 saturated heterocycles. The Morgan fingerprint density at radius 3 is 2.58 bits per heavy atom. The van der Waals surface area contributed by atoms with Crippen LogP contribution in [0.2, 0.25) is 0 Å². The molecule has 2 atom stereocenters. The van der Waals surface area contributed by atoms with E-state index in [1.165, 1.54) is 12.0 Å². The summed E-state index contributed by atoms with van der Waals surface area (Å²) in [6.45, 7) is 8.87. The van der Waals surface area contributed by atoms with Crippen LogP contribution in [0.15, 0.2) is 34.9 Å². The Balaban J connectivity index is 1.58. The molecule has 0 radical (unpaired) electrons. The molecule has 128 valence electrons. The lowest BCUT2D eigenvalue weighted by atomic mass is 9.92. The molecule has 1 amide bonds. The molecule has 1 N–H and O–H groups in total. The molecular weight excluding hydrogens is 302 g/mol. The molecule has 1 fully saturated rings. The SMILES string of the molecule is Cc1ccc(-c2cc(NC(=O)CN3C[C@H](C)C[C@H](C)C3)on2)cc1. The third-order valence-corrected chi connectivity index (χ3v) is 4.43. The number of piperidine rings is 1. The van der Waals surface area contributed by atoms with Crippen LogP contribution in [0.1, 0.15) is 25.8 Å². The Morgan fingerprint density at radius 2 is 1.92 bits per heavy atom. The number of carbonyl (C=O) groups is 1. The molecule has 1 aromatic carbocycles. The van der Waals surface area contributed by atoms with Crippen LogP contribution in [0.5, 0.6) is 0 Å². The van der Waals surface area contributed by atoms with Crippen LogP contribution in [0.4, 0.5) is 5.88 Å². The number of anilines is 1. The van der Waals surface area contributed by atoms with Gasteiger partial charge in [0, 0.05) is 24.7 Å². The topological polar surface area (TPSA) is 58.4 Å². The van der Waals surface area contributed by atoms with Crippen molar-refractivity contribution in [2.45, 2.75) is 27.2 Å². The number of benzene rings is 1. The van der Waals surface area contributed by atoms with Gasteiger partial charge in [0.2, 0.25) is 11.8 Å². The third kappa shape index (κ3) is 4.23. The van der Waals surface area contributed by atoms with Gasteiger partial charge in [-0.3, -0.25) is 15.0 Å². The lowest BCUT2D eigenvalue weighted by molar-refractivity contribution is -0.118. The maximum absolute atomic E-state index is 12.2. The highest BCUT2D eigenvalue weighted by atomic mass is 16.5. The maximum atomic E-state index is 12.2. The van der Waals surface area contributed by atoms with Crippen LogP contribution in [0.25, 0.3) is 11.3 Å². The molecule has 1 aliphatic heterocycles. The van der Waals surface area contributed by atoms with Gasteiger partial charge in [-0.1, -0.05) is 48.8 Å². The van der Waals surface area contributed by atoms with E-state index in [0.29, 0.717) is 24.3 Å². The summed E-state index contributed by atoms with van der Waals surface area (Å²) in [6.07, 6.45) is 1.24. The second-order valence-corrected chi connectivity index (χ2v) is 7.13. The number of aromatic nitrogens is 1. The van der Waals surface area contributed by atoms with Gasteiger partial charge in [0.1, 0.15) is 5.69 Å². The van der Waals surface area contributed by atoms with Gasteiger partial charge in [-0.15, -0.1) is 0 Å². The molecule has 5 heteroatoms. The highest BCUT2D eigenvalue weighted by Crippen LogP contribution is 2.23. The largest absolute Gasteiger partial charge is 0.338 e. The van der Waals surface area contributed by atoms with Crippen LogP contribution >= 0.6 is 0 Å². The fourth-order valence-corrected chi connectivity index (χ4v) is 3.50. The van der Waals surface area contributed by atoms with Crippen molar-refractivity contribution in [3.05, 3.63) is 35.9 Å². The van der Waals surface area contributed by atoms with E-state index in [-0.39, 0.29) is 5.91 Å². The second-order valence-electron chi connectivity index (χ2n) is 7.13. The maximum Gasteiger partial charge on any atom is 0.240 e. The predicted octanol–water partition coefficient (Wildman–Crippen LogP) is 3.57. The molecule has 3 rings (SSSR count). The predicted molar refractivity (Wildman–Crippen MR) is 94.7 cm³/mol. The summed E-state index contributed by atoms with van der Waals surface area (Å²) in [6, 6.07) is 9.82. The highest BCUT2D eigenvalue weighted by molar-refractivity contribution is 5.91. The van der Waals surface area contributed by atoms with E-state index in [1.54, 1.807) is 6.07 Å². The lowest BCUT2D eigenvalue weighted by Gasteiger charge is -2.34. The molecule has 24 heavy (non-hydrogen) atoms. The number of amides is 1. The minimum atomic E-state index is -0.0529. The molecule has 0 bridgehead atoms. The highest BCUT2D eigenvalue weighted by Gasteiger charge is 2.23. The summed E-state index contributed by atoms with van der Waals surface area (Å²) >= 11 is 0. The van der Waals surface area contributed by atoms with Crippen LogP contribution in [0, 0.1) is 18.8 Å². The number of rotatable bonds is 4. The Labute approximate surface area is 143 Å². The monoisotopic (exact) mass is 327 g/mol. The van der Waals surface area contributed by atoms with Crippen molar-refractivity contribution in [1.82, 2.24) is 10.1 Å². The van der Waals surface area contributed by atoms with E-state index in [1.807, 2.05) is 31.2 Å². The van der Waals surface area contributed by atoms with E-state index < -0.39 is 0 Å². The average molecular weight is 327 g/mol. The summed E-state index contributed by atoms with van der Waals surface area (Å²) < 4.78 is 5.25. The summed E-state index contributed by atoms with van der Waals surface area (Å²) in [4.78, 5) is 14.5. The third-order valence-electron chi connectivity index (χ3n) is 4.43. The van der Waals surface area contributed by atoms with Gasteiger partial charge in [-0.25, -0.2) is 0 Å². The quantitative estimate of drug-likeness (QED) is 0.933. The zero-order valence-corrected chi connectivity index (χ0v) is 14.6. The number of likely N-dealkylation sites (tertiary alicyclic amines) is 1. The van der Waals surface area contributed by atoms with Crippen molar-refractivity contribution >= 4 is 11.8 Å². The Morgan fingerprint density at radius 1 is 1.25 bits per heavy atom. The van der Waals surface area contributed by atoms with E-state index in [0.717, 1.165) is 24.3 Å². The van der Waals surface area contributed by atoms with Gasteiger partial charge in [-0.05, 0) is 25.2 Å². The van der Waals surface area contributed by atoms with Crippen molar-refractivity contribution in [2.24, 2.45) is 11.8 Å². The van der Waals surface area contributed by atoms with Crippen molar-refractivity contribution in [3.63, 3.8) is 0 Å². The fraction of sp³-hybridized carbons (Fsp3) is 0.474. The minimum Gasteiger partial charge on any atom is -0.338 e. The number of hydrogen-bond donors (Lipinski definition) is 1. The minimum absolute atomic E-state index is 0.0529. The van der Waals surface area contributed by atoms with E-state index in [2.05, 4.69) is 29.2 Å². The van der Waals surface area contributed by atoms with Crippen LogP contribution in [-0.4, -0.2) is 35.6 Å². The van der Waals surface area contributed by atoms with Gasteiger partial charge in [0.05, 0.1) is 6.54 Å². The van der Waals surface area contributed by atoms with Crippen LogP contribution < -0.4 is 5.32 Å². The first kappa shape index (κ1) is 16.7. The van der Waals surface area contributed by atoms with Gasteiger partial charge in [-0.2, -0.15) is 0 Å². The fourth-order valence-electron chi connectivity index (χ4n) is 3.50. The number of carbonyl (C=O) groups excluding carboxylic acids is 1. The van der Waals surface area contributed by atoms with Crippen LogP contribution in [0.3, 0.4) is 0 Å². The van der Waals surface area contributed by atoms with Gasteiger partial charge >= 0.3 is 0 Å². The standard InChI is InChI=1S/C19H25N3O2/c1-13-4-6-16(7-5-13)17-9-19(24-21-17)20-18(23)12-22-10-14(2)8-15(3)11-22/h4-7,9,14-15H,8,10-12H2,1-3H3,(H,20,23)/t14-,15+. The Kier molecular flexibility index (Phi) is 5.00. The molecule has 2 heterocycles. The normalized spacial score (nSPS) is 21.6. The molecule has 1 aliphatic rings. The second kappa shape index (κ2) is 7.18. The van der Waals surface area contributed by atoms with Gasteiger partial charge in [0.25, 0.3) is 0 Å². The van der Waals surface area contributed by atoms with E-state index in [4.69, 9.17) is 4.52 Å². The summed E-state index contributed by atoms with van der Waals surface area (Å²) in [5.74, 6) is 1.62. The summed E-state index contributed by atoms with van der Waals surface area (Å²) in [5, 5.41) is 6.85. The molecule has 5 nitrogen and oxygen atoms in total. The molecule has 1 aromatic heterocycles. The number of aryl methyl sites for hydroxylation is 1. The molecule has 0 unspecified atom stereocenters. The van der Waals surface area contributed by atoms with Gasteiger partial charge in [0.15, 0.2) is 0 Å². The van der Waals surface area contributed by atoms with Crippen molar-refractivity contribution in [3.8, 4) is 11.3 Å². The lowest BCUT2D eigenvalue weighted by Crippen LogP contribution is -2.42.